The zero-order valence-electron chi connectivity index (χ0n) is 43.3. The van der Waals surface area contributed by atoms with Crippen LogP contribution in [0.15, 0.2) is 36.4 Å². The van der Waals surface area contributed by atoms with Crippen molar-refractivity contribution in [3.8, 4) is 30.9 Å². The molecule has 0 bridgehead atoms. The van der Waals surface area contributed by atoms with Gasteiger partial charge in [-0.15, -0.1) is 22.7 Å². The maximum absolute atomic E-state index is 14.9. The Morgan fingerprint density at radius 1 is 0.342 bits per heavy atom. The fraction of sp³-hybridized carbons (Fsp3) is 0.407. The van der Waals surface area contributed by atoms with Crippen molar-refractivity contribution in [3.05, 3.63) is 92.3 Å². The van der Waals surface area contributed by atoms with E-state index >= 15 is 0 Å². The maximum atomic E-state index is 14.9. The number of nitrogens with zero attached hydrogens (tertiary/aromatic N) is 6. The van der Waals surface area contributed by atoms with Crippen LogP contribution in [-0.4, -0.2) is 109 Å². The molecule has 0 saturated carbocycles. The van der Waals surface area contributed by atoms with E-state index in [1.54, 1.807) is 36.4 Å². The molecule has 15 nitrogen and oxygen atoms in total. The lowest BCUT2D eigenvalue weighted by atomic mass is 9.83. The van der Waals surface area contributed by atoms with Crippen molar-refractivity contribution in [1.29, 1.82) is 0 Å². The van der Waals surface area contributed by atoms with Gasteiger partial charge in [0.05, 0.1) is 20.9 Å². The third-order valence-electron chi connectivity index (χ3n) is 15.6. The van der Waals surface area contributed by atoms with E-state index in [0.717, 1.165) is 99.7 Å². The van der Waals surface area contributed by atoms with Crippen LogP contribution in [0.25, 0.3) is 52.4 Å². The van der Waals surface area contributed by atoms with Crippen molar-refractivity contribution in [2.24, 2.45) is 0 Å². The average molecular weight is 1060 g/mol. The number of aromatic nitrogens is 2. The number of thiazole rings is 2. The number of ketones is 1. The minimum Gasteiger partial charge on any atom is -0.285 e. The highest BCUT2D eigenvalue weighted by Crippen LogP contribution is 2.52. The predicted molar refractivity (Wildman–Crippen MR) is 291 cm³/mol. The molecule has 2 aromatic heterocycles. The summed E-state index contributed by atoms with van der Waals surface area (Å²) >= 11 is 2.27. The summed E-state index contributed by atoms with van der Waals surface area (Å²) in [7, 11) is 0. The van der Waals surface area contributed by atoms with Gasteiger partial charge < -0.3 is 0 Å². The summed E-state index contributed by atoms with van der Waals surface area (Å²) in [6, 6.07) is 9.48. The molecule has 4 aliphatic heterocycles. The van der Waals surface area contributed by atoms with Crippen molar-refractivity contribution in [1.82, 2.24) is 29.6 Å². The molecule has 0 N–H and O–H groups in total. The molecule has 0 atom stereocenters. The van der Waals surface area contributed by atoms with Gasteiger partial charge in [-0.3, -0.25) is 62.8 Å². The largest absolute Gasteiger partial charge is 0.285 e. The molecule has 17 heteroatoms. The van der Waals surface area contributed by atoms with E-state index in [9.17, 15) is 43.2 Å². The second kappa shape index (κ2) is 20.4. The van der Waals surface area contributed by atoms with Crippen LogP contribution in [0, 0.1) is 0 Å². The summed E-state index contributed by atoms with van der Waals surface area (Å²) in [6.45, 7) is 9.03. The Labute approximate surface area is 447 Å². The zero-order chi connectivity index (χ0) is 53.3. The molecule has 76 heavy (non-hydrogen) atoms. The van der Waals surface area contributed by atoms with Crippen LogP contribution in [0.4, 0.5) is 0 Å². The second-order valence-corrected chi connectivity index (χ2v) is 22.5. The topological polar surface area (TPSA) is 192 Å². The quantitative estimate of drug-likeness (QED) is 0.0463. The van der Waals surface area contributed by atoms with Crippen LogP contribution in [-0.2, 0) is 0 Å². The number of hydrogen-bond donors (Lipinski definition) is 0. The lowest BCUT2D eigenvalue weighted by Gasteiger charge is -2.33. The van der Waals surface area contributed by atoms with E-state index in [4.69, 9.17) is 9.97 Å². The number of unbranched alkanes of at least 4 members (excludes halogenated alkanes) is 12. The number of carbonyl (C=O) groups is 9. The van der Waals surface area contributed by atoms with Crippen LogP contribution in [0.5, 0.6) is 0 Å². The van der Waals surface area contributed by atoms with Gasteiger partial charge in [0.1, 0.15) is 21.4 Å². The van der Waals surface area contributed by atoms with Gasteiger partial charge >= 0.3 is 0 Å². The van der Waals surface area contributed by atoms with Crippen LogP contribution in [0.3, 0.4) is 0 Å². The third-order valence-corrected chi connectivity index (χ3v) is 18.0. The number of benzene rings is 4. The fourth-order valence-electron chi connectivity index (χ4n) is 11.7. The molecule has 5 aliphatic rings. The van der Waals surface area contributed by atoms with E-state index < -0.39 is 53.0 Å². The molecule has 6 aromatic rings. The summed E-state index contributed by atoms with van der Waals surface area (Å²) in [4.78, 5) is 146. The van der Waals surface area contributed by atoms with E-state index in [1.807, 2.05) is 0 Å². The van der Waals surface area contributed by atoms with Crippen molar-refractivity contribution >= 4 is 97.3 Å². The Kier molecular flexibility index (Phi) is 13.7. The molecule has 0 fully saturated rings. The molecule has 0 spiro atoms. The van der Waals surface area contributed by atoms with Crippen molar-refractivity contribution in [2.75, 3.05) is 26.2 Å². The van der Waals surface area contributed by atoms with Gasteiger partial charge in [0.15, 0.2) is 0 Å². The smallest absolute Gasteiger partial charge is 0.262 e. The predicted octanol–water partition coefficient (Wildman–Crippen LogP) is 12.2. The number of rotatable bonds is 22. The average Bonchev–Trinajstić information content (AvgIpc) is 4.13. The molecular weight excluding hydrogens is 1000 g/mol. The van der Waals surface area contributed by atoms with Crippen LogP contribution in [0.1, 0.15) is 229 Å². The molecule has 0 unspecified atom stereocenters. The van der Waals surface area contributed by atoms with Gasteiger partial charge in [0, 0.05) is 92.2 Å². The molecule has 8 amide bonds. The Bertz CT molecular complexity index is 3340. The van der Waals surface area contributed by atoms with Crippen LogP contribution in [0.2, 0.25) is 0 Å². The van der Waals surface area contributed by atoms with E-state index in [-0.39, 0.29) is 125 Å². The highest BCUT2D eigenvalue weighted by atomic mass is 32.1. The van der Waals surface area contributed by atoms with Gasteiger partial charge in [-0.25, -0.2) is 9.97 Å². The first kappa shape index (κ1) is 51.0. The summed E-state index contributed by atoms with van der Waals surface area (Å²) in [6.07, 6.45) is 13.2. The van der Waals surface area contributed by atoms with Crippen LogP contribution < -0.4 is 0 Å². The summed E-state index contributed by atoms with van der Waals surface area (Å²) in [5, 5.41) is 1.44. The van der Waals surface area contributed by atoms with Crippen molar-refractivity contribution < 1.29 is 43.2 Å². The van der Waals surface area contributed by atoms with E-state index in [0.29, 0.717) is 35.4 Å². The second-order valence-electron chi connectivity index (χ2n) is 20.5. The summed E-state index contributed by atoms with van der Waals surface area (Å²) < 4.78 is 0. The minimum absolute atomic E-state index is 0.0826. The Hall–Kier alpha value is -7.11. The monoisotopic (exact) mass is 1060 g/mol. The van der Waals surface area contributed by atoms with Crippen molar-refractivity contribution in [3.63, 3.8) is 0 Å². The molecule has 6 heterocycles. The molecule has 390 valence electrons. The number of carbonyl (C=O) groups excluding carboxylic acids is 9. The first-order valence-electron chi connectivity index (χ1n) is 27.2. The molecule has 11 rings (SSSR count). The molecular formula is C59H58N6O9S2. The van der Waals surface area contributed by atoms with E-state index in [2.05, 4.69) is 27.7 Å². The van der Waals surface area contributed by atoms with Crippen molar-refractivity contribution in [2.45, 2.75) is 130 Å². The Morgan fingerprint density at radius 2 is 0.632 bits per heavy atom. The minimum atomic E-state index is -0.577. The lowest BCUT2D eigenvalue weighted by Crippen LogP contribution is -2.44. The third kappa shape index (κ3) is 7.97. The highest BCUT2D eigenvalue weighted by Gasteiger charge is 2.45. The molecule has 0 saturated heterocycles. The first-order valence-corrected chi connectivity index (χ1v) is 28.8. The highest BCUT2D eigenvalue weighted by molar-refractivity contribution is 7.26. The SMILES string of the molecule is CCCCCCN1C(=O)c2ccc3c4c(c(-c5nc6c(s5)-c5sc(-c7cc8c9c(ccc%10c9c7C(=O)N(CCCCCC)C%10=O)C(=O)N(CCCCCC)C8=O)nc5C6=O)cc(c24)C1=O)C(=O)N(CCCCCC)C3=O. The lowest BCUT2D eigenvalue weighted by molar-refractivity contribution is 0.0586. The maximum Gasteiger partial charge on any atom is 0.262 e. The fourth-order valence-corrected chi connectivity index (χ4v) is 14.0. The van der Waals surface area contributed by atoms with Gasteiger partial charge in [-0.05, 0) is 62.1 Å². The summed E-state index contributed by atoms with van der Waals surface area (Å²) in [5.41, 5.74) is 2.11. The first-order chi connectivity index (χ1) is 36.9. The summed E-state index contributed by atoms with van der Waals surface area (Å²) in [5.74, 6) is -4.73. The van der Waals surface area contributed by atoms with Gasteiger partial charge in [-0.2, -0.15) is 0 Å². The normalized spacial score (nSPS) is 15.5. The number of imide groups is 4. The van der Waals surface area contributed by atoms with Gasteiger partial charge in [0.2, 0.25) is 5.78 Å². The number of fused-ring (bicyclic) bond motifs is 3. The van der Waals surface area contributed by atoms with Gasteiger partial charge in [-0.1, -0.05) is 105 Å². The van der Waals surface area contributed by atoms with E-state index in [1.165, 1.54) is 19.6 Å². The molecule has 4 aromatic carbocycles. The molecule has 1 aliphatic carbocycles. The number of amides is 8. The zero-order valence-corrected chi connectivity index (χ0v) is 44.9. The Morgan fingerprint density at radius 3 is 0.947 bits per heavy atom. The molecule has 0 radical (unpaired) electrons. The van der Waals surface area contributed by atoms with Crippen LogP contribution >= 0.6 is 22.7 Å². The van der Waals surface area contributed by atoms with Gasteiger partial charge in [0.25, 0.3) is 47.3 Å². The standard InChI is InChI=1S/C59H58N6O9S2/c1-5-9-13-17-25-62-52(67)31-21-23-33-41-39(31)37(56(62)71)29-35(43(41)58(73)64(54(33)69)27-19-15-11-7-3)50-60-45-47(66)46-49(48(45)75-50)76-51(61-46)36-30-38-40-32(53(68)63(57(38)72)26-18-14-10-6-2)22-24-34-42(40)44(36)59(74)65(55(34)70)28-20-16-12-8-4/h21-24,29-30H,5-20,25-28H2,1-4H3. The number of hydrogen-bond acceptors (Lipinski definition) is 13. The Balaban J connectivity index is 1.05.